The van der Waals surface area contributed by atoms with Crippen LogP contribution in [0.4, 0.5) is 0 Å². The van der Waals surface area contributed by atoms with E-state index in [0.29, 0.717) is 5.92 Å². The monoisotopic (exact) mass is 250 g/mol. The van der Waals surface area contributed by atoms with E-state index in [1.165, 1.54) is 5.56 Å². The summed E-state index contributed by atoms with van der Waals surface area (Å²) in [6.45, 7) is 8.35. The van der Waals surface area contributed by atoms with Crippen LogP contribution in [0.1, 0.15) is 35.6 Å². The van der Waals surface area contributed by atoms with Crippen LogP contribution in [0.15, 0.2) is 0 Å². The molecule has 4 nitrogen and oxygen atoms in total. The molecular weight excluding hydrogens is 224 g/mol. The van der Waals surface area contributed by atoms with Crippen LogP contribution in [0.25, 0.3) is 0 Å². The van der Waals surface area contributed by atoms with E-state index in [9.17, 15) is 0 Å². The first-order valence-electron chi connectivity index (χ1n) is 6.59. The molecule has 0 fully saturated rings. The third-order valence-corrected chi connectivity index (χ3v) is 3.16. The zero-order valence-electron chi connectivity index (χ0n) is 12.5. The molecule has 0 amide bonds. The fraction of sp³-hybridized carbons (Fsp3) is 0.714. The number of aromatic nitrogens is 2. The maximum absolute atomic E-state index is 4.64. The molecule has 1 atom stereocenters. The molecule has 0 aliphatic heterocycles. The molecule has 0 saturated heterocycles. The maximum atomic E-state index is 4.64. The Labute approximate surface area is 111 Å². The van der Waals surface area contributed by atoms with Crippen molar-refractivity contribution in [2.24, 2.45) is 0 Å². The molecule has 0 radical (unpaired) electrons. The molecule has 0 saturated carbocycles. The predicted octanol–water partition coefficient (Wildman–Crippen LogP) is 1.52. The van der Waals surface area contributed by atoms with Crippen LogP contribution in [0.5, 0.6) is 0 Å². The summed E-state index contributed by atoms with van der Waals surface area (Å²) in [5, 5.41) is 3.21. The second-order valence-electron chi connectivity index (χ2n) is 5.24. The number of likely N-dealkylation sites (N-methyl/N-ethyl adjacent to an activating group) is 2. The molecule has 0 aromatic carbocycles. The Morgan fingerprint density at radius 3 is 2.17 bits per heavy atom. The average Bonchev–Trinajstić information content (AvgIpc) is 2.25. The molecule has 102 valence electrons. The van der Waals surface area contributed by atoms with Crippen molar-refractivity contribution in [3.8, 4) is 0 Å². The fourth-order valence-corrected chi connectivity index (χ4v) is 2.35. The SMILES string of the molecule is CNCC(C)c1c(C)nc(CCN(C)C)nc1C. The Kier molecular flexibility index (Phi) is 5.69. The standard InChI is InChI=1S/C14H26N4/c1-10(9-15-4)14-11(2)16-13(17-12(14)3)7-8-18(5)6/h10,15H,7-9H2,1-6H3. The number of aryl methyl sites for hydroxylation is 2. The average molecular weight is 250 g/mol. The van der Waals surface area contributed by atoms with Crippen molar-refractivity contribution in [2.45, 2.75) is 33.1 Å². The Balaban J connectivity index is 2.90. The highest BCUT2D eigenvalue weighted by atomic mass is 15.1. The lowest BCUT2D eigenvalue weighted by molar-refractivity contribution is 0.409. The van der Waals surface area contributed by atoms with E-state index >= 15 is 0 Å². The van der Waals surface area contributed by atoms with Gasteiger partial charge in [0.05, 0.1) is 0 Å². The van der Waals surface area contributed by atoms with Crippen LogP contribution in [-0.4, -0.2) is 49.1 Å². The first kappa shape index (κ1) is 15.1. The molecule has 0 bridgehead atoms. The molecule has 1 heterocycles. The van der Waals surface area contributed by atoms with Gasteiger partial charge in [-0.1, -0.05) is 6.92 Å². The summed E-state index contributed by atoms with van der Waals surface area (Å²) >= 11 is 0. The van der Waals surface area contributed by atoms with Gasteiger partial charge in [0, 0.05) is 30.9 Å². The first-order chi connectivity index (χ1) is 8.45. The van der Waals surface area contributed by atoms with Crippen molar-refractivity contribution in [3.05, 3.63) is 22.8 Å². The molecule has 1 unspecified atom stereocenters. The van der Waals surface area contributed by atoms with Gasteiger partial charge in [0.25, 0.3) is 0 Å². The van der Waals surface area contributed by atoms with Gasteiger partial charge in [0.1, 0.15) is 5.82 Å². The van der Waals surface area contributed by atoms with Crippen molar-refractivity contribution >= 4 is 0 Å². The van der Waals surface area contributed by atoms with Gasteiger partial charge >= 0.3 is 0 Å². The molecule has 0 aliphatic carbocycles. The zero-order chi connectivity index (χ0) is 13.7. The summed E-state index contributed by atoms with van der Waals surface area (Å²) in [7, 11) is 6.12. The Hall–Kier alpha value is -1.00. The zero-order valence-corrected chi connectivity index (χ0v) is 12.5. The highest BCUT2D eigenvalue weighted by molar-refractivity contribution is 5.28. The predicted molar refractivity (Wildman–Crippen MR) is 76.1 cm³/mol. The van der Waals surface area contributed by atoms with Crippen LogP contribution >= 0.6 is 0 Å². The Morgan fingerprint density at radius 1 is 1.17 bits per heavy atom. The maximum Gasteiger partial charge on any atom is 0.130 e. The van der Waals surface area contributed by atoms with Crippen LogP contribution in [0, 0.1) is 13.8 Å². The minimum atomic E-state index is 0.456. The van der Waals surface area contributed by atoms with Crippen molar-refractivity contribution < 1.29 is 0 Å². The highest BCUT2D eigenvalue weighted by Gasteiger charge is 2.14. The van der Waals surface area contributed by atoms with E-state index in [1.54, 1.807) is 0 Å². The number of hydrogen-bond acceptors (Lipinski definition) is 4. The molecule has 1 aromatic rings. The molecule has 1 aromatic heterocycles. The van der Waals surface area contributed by atoms with Gasteiger partial charge in [-0.05, 0) is 46.5 Å². The van der Waals surface area contributed by atoms with Gasteiger partial charge in [0.15, 0.2) is 0 Å². The lowest BCUT2D eigenvalue weighted by Gasteiger charge is -2.17. The fourth-order valence-electron chi connectivity index (χ4n) is 2.35. The number of rotatable bonds is 6. The quantitative estimate of drug-likeness (QED) is 0.831. The van der Waals surface area contributed by atoms with Crippen molar-refractivity contribution in [3.63, 3.8) is 0 Å². The van der Waals surface area contributed by atoms with E-state index in [0.717, 1.165) is 36.7 Å². The van der Waals surface area contributed by atoms with E-state index in [-0.39, 0.29) is 0 Å². The number of hydrogen-bond donors (Lipinski definition) is 1. The number of nitrogens with zero attached hydrogens (tertiary/aromatic N) is 3. The van der Waals surface area contributed by atoms with Crippen molar-refractivity contribution in [1.29, 1.82) is 0 Å². The van der Waals surface area contributed by atoms with Crippen molar-refractivity contribution in [1.82, 2.24) is 20.2 Å². The van der Waals surface area contributed by atoms with Crippen LogP contribution in [0.2, 0.25) is 0 Å². The third-order valence-electron chi connectivity index (χ3n) is 3.16. The minimum Gasteiger partial charge on any atom is -0.319 e. The lowest BCUT2D eigenvalue weighted by atomic mass is 9.98. The van der Waals surface area contributed by atoms with Crippen LogP contribution in [-0.2, 0) is 6.42 Å². The smallest absolute Gasteiger partial charge is 0.130 e. The first-order valence-corrected chi connectivity index (χ1v) is 6.59. The van der Waals surface area contributed by atoms with Gasteiger partial charge in [-0.25, -0.2) is 9.97 Å². The van der Waals surface area contributed by atoms with Gasteiger partial charge in [0.2, 0.25) is 0 Å². The normalized spacial score (nSPS) is 13.1. The van der Waals surface area contributed by atoms with Crippen LogP contribution in [0.3, 0.4) is 0 Å². The van der Waals surface area contributed by atoms with E-state index < -0.39 is 0 Å². The largest absolute Gasteiger partial charge is 0.319 e. The topological polar surface area (TPSA) is 41.1 Å². The van der Waals surface area contributed by atoms with E-state index in [1.807, 2.05) is 7.05 Å². The molecule has 0 spiro atoms. The highest BCUT2D eigenvalue weighted by Crippen LogP contribution is 2.20. The Morgan fingerprint density at radius 2 is 1.72 bits per heavy atom. The molecule has 0 aliphatic rings. The second kappa shape index (κ2) is 6.81. The van der Waals surface area contributed by atoms with E-state index in [4.69, 9.17) is 0 Å². The van der Waals surface area contributed by atoms with Gasteiger partial charge in [-0.2, -0.15) is 0 Å². The summed E-state index contributed by atoms with van der Waals surface area (Å²) in [6, 6.07) is 0. The van der Waals surface area contributed by atoms with Crippen LogP contribution < -0.4 is 5.32 Å². The van der Waals surface area contributed by atoms with E-state index in [2.05, 4.69) is 55.1 Å². The molecular formula is C14H26N4. The summed E-state index contributed by atoms with van der Waals surface area (Å²) in [6.07, 6.45) is 0.912. The molecule has 1 rings (SSSR count). The van der Waals surface area contributed by atoms with Gasteiger partial charge < -0.3 is 10.2 Å². The summed E-state index contributed by atoms with van der Waals surface area (Å²) in [5.41, 5.74) is 3.54. The summed E-state index contributed by atoms with van der Waals surface area (Å²) in [4.78, 5) is 11.4. The molecule has 18 heavy (non-hydrogen) atoms. The Bertz CT molecular complexity index is 364. The summed E-state index contributed by atoms with van der Waals surface area (Å²) < 4.78 is 0. The van der Waals surface area contributed by atoms with Gasteiger partial charge in [-0.3, -0.25) is 0 Å². The number of nitrogens with one attached hydrogen (secondary N) is 1. The molecule has 1 N–H and O–H groups in total. The third kappa shape index (κ3) is 4.03. The lowest BCUT2D eigenvalue weighted by Crippen LogP contribution is -2.20. The van der Waals surface area contributed by atoms with Gasteiger partial charge in [-0.15, -0.1) is 0 Å². The minimum absolute atomic E-state index is 0.456. The summed E-state index contributed by atoms with van der Waals surface area (Å²) in [5.74, 6) is 1.41. The second-order valence-corrected chi connectivity index (χ2v) is 5.24. The van der Waals surface area contributed by atoms with Crippen molar-refractivity contribution in [2.75, 3.05) is 34.2 Å². The molecule has 4 heteroatoms.